The van der Waals surface area contributed by atoms with Gasteiger partial charge in [-0.05, 0) is 262 Å². The summed E-state index contributed by atoms with van der Waals surface area (Å²) in [5.41, 5.74) is 1.16. The summed E-state index contributed by atoms with van der Waals surface area (Å²) in [5.74, 6) is -2.69. The van der Waals surface area contributed by atoms with Crippen LogP contribution in [0.25, 0.3) is 0 Å². The maximum atomic E-state index is 15.5. The summed E-state index contributed by atoms with van der Waals surface area (Å²) in [6.07, 6.45) is -0.712. The molecular formula is C114H118O32P4. The van der Waals surface area contributed by atoms with Gasteiger partial charge in [0.1, 0.15) is 82.2 Å². The molecule has 0 aromatic heterocycles. The molecule has 32 nitrogen and oxygen atoms in total. The molecule has 0 spiro atoms. The third kappa shape index (κ3) is 29.8. The zero-order valence-corrected chi connectivity index (χ0v) is 90.7. The minimum absolute atomic E-state index is 0.255. The van der Waals surface area contributed by atoms with Crippen LogP contribution in [0.2, 0.25) is 0 Å². The third-order valence-electron chi connectivity index (χ3n) is 23.6. The molecule has 786 valence electrons. The molecule has 12 aromatic carbocycles. The average Bonchev–Trinajstić information content (AvgIpc) is 0.755. The Balaban J connectivity index is 0.919. The SMILES string of the molecule is COC(=O)c1ccc(OP(Oc2ccc(C(=O)OC)cc2)Oc2ccc(C(C)(CC(=O)OCCOC(=O)CC(C)(c3ccc(OP(Oc4ccc(C(=O)OC)cc4)Oc4ccc(C(=O)OC)cc4)c(C(C)(C)C)c3)c3ccc(OP(Oc4ccc(C(=O)OC)cc4)Oc4ccc(C(=O)OC)cc4)c(C(C)(C)C)c3)c3ccc(OP(Oc4ccc(C(=O)OC)cc4)Oc4ccc(C(=O)OC)cc4)c(C(C)(C)C)c3)cc2C(C)(C)C)cc1. The number of carbonyl (C=O) groups is 10. The van der Waals surface area contributed by atoms with E-state index in [2.05, 4.69) is 0 Å². The van der Waals surface area contributed by atoms with Crippen LogP contribution in [0.1, 0.15) is 237 Å². The standard InChI is InChI=1S/C114H118O32P4/c1-109(2,3)91-65-79(39-59-95(91)143-147(135-83-43-23-71(24-44-83)101(117)125-15)136-84-45-25-72(26-46-84)102(118)126-16)113(13,80-40-60-96(92(66-80)110(4,5)6)144-148(137-85-47-27-73(28-48-85)103(119)127-17)138-86-49-29-74(30-50-86)104(120)128-18)69-99(115)133-63-64-134-100(116)70-114(14,81-41-61-97(93(67-81)111(7,8)9)145-149(139-87-51-31-75(32-52-87)105(121)129-19)140-88-53-33-76(34-54-88)106(122)130-20)82-42-62-98(94(68-82)112(10,11)12)146-150(141-89-55-35-77(36-56-89)107(123)131-21)142-90-57-37-78(38-58-90)108(124)132-22/h23-62,65-68H,63-64,69-70H2,1-22H3. The van der Waals surface area contributed by atoms with Crippen molar-refractivity contribution < 1.29 is 150 Å². The third-order valence-corrected chi connectivity index (χ3v) is 27.9. The summed E-state index contributed by atoms with van der Waals surface area (Å²) in [7, 11) is 0.366. The van der Waals surface area contributed by atoms with Crippen LogP contribution in [0, 0.1) is 0 Å². The molecule has 0 radical (unpaired) electrons. The number of carbonyl (C=O) groups excluding carboxylic acids is 10. The number of rotatable bonds is 43. The number of ether oxygens (including phenoxy) is 10. The minimum Gasteiger partial charge on any atom is -0.465 e. The number of esters is 10. The molecule has 0 N–H and O–H groups in total. The predicted octanol–water partition coefficient (Wildman–Crippen LogP) is 25.4. The highest BCUT2D eigenvalue weighted by atomic mass is 31.2. The second kappa shape index (κ2) is 50.1. The molecule has 0 fully saturated rings. The molecule has 0 aliphatic carbocycles. The molecule has 0 aliphatic rings. The van der Waals surface area contributed by atoms with Gasteiger partial charge in [-0.2, -0.15) is 0 Å². The van der Waals surface area contributed by atoms with Gasteiger partial charge in [0.2, 0.25) is 0 Å². The van der Waals surface area contributed by atoms with Gasteiger partial charge in [-0.1, -0.05) is 145 Å². The zero-order chi connectivity index (χ0) is 109. The van der Waals surface area contributed by atoms with Crippen molar-refractivity contribution in [2.45, 2.75) is 142 Å². The van der Waals surface area contributed by atoms with Gasteiger partial charge in [0.25, 0.3) is 0 Å². The summed E-state index contributed by atoms with van der Waals surface area (Å²) < 4.78 is 132. The molecule has 0 atom stereocenters. The lowest BCUT2D eigenvalue weighted by atomic mass is 9.70. The number of methoxy groups -OCH3 is 8. The van der Waals surface area contributed by atoms with E-state index in [0.717, 1.165) is 0 Å². The van der Waals surface area contributed by atoms with Gasteiger partial charge in [-0.3, -0.25) is 9.59 Å². The van der Waals surface area contributed by atoms with Gasteiger partial charge in [0.15, 0.2) is 0 Å². The molecule has 0 saturated heterocycles. The monoisotopic (exact) mass is 2120 g/mol. The van der Waals surface area contributed by atoms with Crippen LogP contribution in [0.3, 0.4) is 0 Å². The normalized spacial score (nSPS) is 11.6. The molecule has 36 heteroatoms. The van der Waals surface area contributed by atoms with Gasteiger partial charge in [0, 0.05) is 33.1 Å². The van der Waals surface area contributed by atoms with Crippen molar-refractivity contribution >= 4 is 94.1 Å². The van der Waals surface area contributed by atoms with E-state index in [1.165, 1.54) is 154 Å². The molecule has 150 heavy (non-hydrogen) atoms. The Morgan fingerprint density at radius 3 is 0.460 bits per heavy atom. The van der Waals surface area contributed by atoms with Crippen molar-refractivity contribution in [2.24, 2.45) is 0 Å². The predicted molar refractivity (Wildman–Crippen MR) is 562 cm³/mol. The Labute approximate surface area is 876 Å². The first-order chi connectivity index (χ1) is 71.2. The Morgan fingerprint density at radius 2 is 0.333 bits per heavy atom. The van der Waals surface area contributed by atoms with E-state index in [0.29, 0.717) is 67.5 Å². The Morgan fingerprint density at radius 1 is 0.193 bits per heavy atom. The molecule has 0 amide bonds. The number of benzene rings is 12. The molecule has 0 bridgehead atoms. The molecule has 0 heterocycles. The topological polar surface area (TPSA) is 374 Å². The Hall–Kier alpha value is -15.3. The van der Waals surface area contributed by atoms with E-state index in [9.17, 15) is 38.4 Å². The van der Waals surface area contributed by atoms with Gasteiger partial charge >= 0.3 is 94.1 Å². The van der Waals surface area contributed by atoms with Crippen molar-refractivity contribution in [1.82, 2.24) is 0 Å². The second-order valence-corrected chi connectivity index (χ2v) is 42.4. The molecule has 12 rings (SSSR count). The second-order valence-electron chi connectivity index (χ2n) is 38.4. The van der Waals surface area contributed by atoms with Crippen LogP contribution in [-0.4, -0.2) is 130 Å². The first kappa shape index (κ1) is 113. The summed E-state index contributed by atoms with van der Waals surface area (Å²) in [5, 5.41) is 0. The summed E-state index contributed by atoms with van der Waals surface area (Å²) in [4.78, 5) is 132. The minimum atomic E-state index is -2.45. The van der Waals surface area contributed by atoms with Crippen LogP contribution in [-0.2, 0) is 89.4 Å². The average molecular weight is 2120 g/mol. The highest BCUT2D eigenvalue weighted by Crippen LogP contribution is 2.55. The van der Waals surface area contributed by atoms with Crippen molar-refractivity contribution in [3.63, 3.8) is 0 Å². The van der Waals surface area contributed by atoms with Crippen LogP contribution >= 0.6 is 34.4 Å². The Bertz CT molecular complexity index is 5740. The van der Waals surface area contributed by atoms with E-state index in [1.54, 1.807) is 121 Å². The lowest BCUT2D eigenvalue weighted by molar-refractivity contribution is -0.153. The number of hydrogen-bond donors (Lipinski definition) is 0. The fourth-order valence-corrected chi connectivity index (χ4v) is 19.4. The van der Waals surface area contributed by atoms with Crippen LogP contribution in [0.4, 0.5) is 0 Å². The molecule has 0 aliphatic heterocycles. The summed E-state index contributed by atoms with van der Waals surface area (Å²) in [6.45, 7) is 26.7. The summed E-state index contributed by atoms with van der Waals surface area (Å²) >= 11 is 0. The quantitative estimate of drug-likeness (QED) is 0.0148. The van der Waals surface area contributed by atoms with Gasteiger partial charge < -0.3 is 102 Å². The van der Waals surface area contributed by atoms with Crippen molar-refractivity contribution in [3.05, 3.63) is 356 Å². The first-order valence-corrected chi connectivity index (χ1v) is 51.4. The van der Waals surface area contributed by atoms with Gasteiger partial charge in [-0.15, -0.1) is 0 Å². The van der Waals surface area contributed by atoms with E-state index in [1.807, 2.05) is 145 Å². The van der Waals surface area contributed by atoms with Crippen molar-refractivity contribution in [2.75, 3.05) is 70.1 Å². The lowest BCUT2D eigenvalue weighted by Crippen LogP contribution is -2.31. The zero-order valence-electron chi connectivity index (χ0n) is 87.1. The van der Waals surface area contributed by atoms with E-state index in [-0.39, 0.29) is 103 Å². The lowest BCUT2D eigenvalue weighted by Gasteiger charge is -2.34. The molecule has 0 saturated carbocycles. The number of hydrogen-bond acceptors (Lipinski definition) is 32. The van der Waals surface area contributed by atoms with E-state index >= 15 is 9.59 Å². The maximum Gasteiger partial charge on any atom is 0.530 e. The van der Waals surface area contributed by atoms with E-state index < -0.39 is 140 Å². The largest absolute Gasteiger partial charge is 0.530 e. The van der Waals surface area contributed by atoms with Crippen LogP contribution in [0.15, 0.2) is 267 Å². The van der Waals surface area contributed by atoms with Gasteiger partial charge in [-0.25, -0.2) is 38.4 Å². The first-order valence-electron chi connectivity index (χ1n) is 47.0. The highest BCUT2D eigenvalue weighted by Gasteiger charge is 2.42. The van der Waals surface area contributed by atoms with E-state index in [4.69, 9.17) is 102 Å². The van der Waals surface area contributed by atoms with Crippen molar-refractivity contribution in [3.8, 4) is 69.0 Å². The fraction of sp³-hybridized carbons (Fsp3) is 0.281. The van der Waals surface area contributed by atoms with Crippen LogP contribution in [0.5, 0.6) is 69.0 Å². The maximum absolute atomic E-state index is 15.5. The fourth-order valence-electron chi connectivity index (χ4n) is 15.3. The smallest absolute Gasteiger partial charge is 0.465 e. The van der Waals surface area contributed by atoms with Gasteiger partial charge in [0.05, 0.1) is 114 Å². The molecular weight excluding hydrogens is 2010 g/mol. The summed E-state index contributed by atoms with van der Waals surface area (Å²) in [6, 6.07) is 71.5. The molecule has 12 aromatic rings. The Kier molecular flexibility index (Phi) is 37.9. The van der Waals surface area contributed by atoms with Crippen LogP contribution < -0.4 is 54.3 Å². The van der Waals surface area contributed by atoms with Crippen molar-refractivity contribution in [1.29, 1.82) is 0 Å². The highest BCUT2D eigenvalue weighted by molar-refractivity contribution is 7.44. The molecule has 0 unspecified atom stereocenters.